The fourth-order valence-corrected chi connectivity index (χ4v) is 9.14. The molecule has 0 saturated carbocycles. The number of nitrogens with zero attached hydrogens (tertiary/aromatic N) is 2. The average molecular weight is 692 g/mol. The molecule has 2 aliphatic rings. The highest BCUT2D eigenvalue weighted by molar-refractivity contribution is 7.06. The van der Waals surface area contributed by atoms with Crippen molar-refractivity contribution in [2.45, 2.75) is 0 Å². The summed E-state index contributed by atoms with van der Waals surface area (Å²) in [6.07, 6.45) is 0. The van der Waals surface area contributed by atoms with E-state index in [1.807, 2.05) is 12.1 Å². The summed E-state index contributed by atoms with van der Waals surface area (Å²) >= 11 is 0. The SMILES string of the molecule is N#Cc1ccc(-c2ccc3c(c2)Bc2c(ccc(-c4ccccc4)c2-c2ccccc2)B3c2ccc(-c3ccccc3)c3c2Bc2ccccc2-3)cc1C#N. The van der Waals surface area contributed by atoms with E-state index in [1.54, 1.807) is 6.07 Å². The summed E-state index contributed by atoms with van der Waals surface area (Å²) in [5.74, 6) is 0. The van der Waals surface area contributed by atoms with Crippen molar-refractivity contribution in [3.8, 4) is 67.8 Å². The van der Waals surface area contributed by atoms with Crippen LogP contribution in [0.2, 0.25) is 0 Å². The third-order valence-corrected chi connectivity index (χ3v) is 11.6. The maximum atomic E-state index is 9.87. The Bertz CT molecular complexity index is 2890. The first-order chi connectivity index (χ1) is 27.2. The number of rotatable bonds is 5. The van der Waals surface area contributed by atoms with Crippen molar-refractivity contribution in [3.63, 3.8) is 0 Å². The summed E-state index contributed by atoms with van der Waals surface area (Å²) < 4.78 is 0. The van der Waals surface area contributed by atoms with Gasteiger partial charge in [-0.2, -0.15) is 10.5 Å². The van der Waals surface area contributed by atoms with Crippen molar-refractivity contribution >= 4 is 59.5 Å². The number of fused-ring (bicyclic) bond motifs is 5. The van der Waals surface area contributed by atoms with Crippen LogP contribution < -0.4 is 38.2 Å². The highest BCUT2D eigenvalue weighted by Crippen LogP contribution is 2.33. The van der Waals surface area contributed by atoms with E-state index >= 15 is 0 Å². The Kier molecular flexibility index (Phi) is 7.94. The van der Waals surface area contributed by atoms with E-state index in [4.69, 9.17) is 0 Å². The predicted octanol–water partition coefficient (Wildman–Crippen LogP) is 5.68. The van der Waals surface area contributed by atoms with Gasteiger partial charge in [0.25, 0.3) is 0 Å². The molecule has 0 spiro atoms. The Labute approximate surface area is 323 Å². The van der Waals surface area contributed by atoms with E-state index < -0.39 is 0 Å². The molecule has 5 heteroatoms. The van der Waals surface area contributed by atoms with Gasteiger partial charge in [0.05, 0.1) is 11.1 Å². The summed E-state index contributed by atoms with van der Waals surface area (Å²) in [6.45, 7) is 0.00334. The molecule has 8 aromatic carbocycles. The van der Waals surface area contributed by atoms with Gasteiger partial charge in [0, 0.05) is 0 Å². The van der Waals surface area contributed by atoms with E-state index in [0.717, 1.165) is 25.7 Å². The van der Waals surface area contributed by atoms with Gasteiger partial charge in [0.15, 0.2) is 14.6 Å². The second kappa shape index (κ2) is 13.4. The minimum atomic E-state index is 0.00334. The van der Waals surface area contributed by atoms with E-state index in [9.17, 15) is 10.5 Å². The molecule has 0 amide bonds. The van der Waals surface area contributed by atoms with Crippen LogP contribution in [0.1, 0.15) is 11.1 Å². The number of hydrogen-bond donors (Lipinski definition) is 0. The molecule has 2 aliphatic heterocycles. The highest BCUT2D eigenvalue weighted by atomic mass is 14.3. The molecular formula is C50H31B3N2. The third kappa shape index (κ3) is 5.44. The number of benzene rings is 8. The molecule has 0 bridgehead atoms. The first-order valence-corrected chi connectivity index (χ1v) is 18.8. The Morgan fingerprint density at radius 1 is 0.364 bits per heavy atom. The highest BCUT2D eigenvalue weighted by Gasteiger charge is 2.37. The second-order valence-corrected chi connectivity index (χ2v) is 14.6. The van der Waals surface area contributed by atoms with Gasteiger partial charge >= 0.3 is 0 Å². The summed E-state index contributed by atoms with van der Waals surface area (Å²) in [6, 6.07) is 67.6. The maximum absolute atomic E-state index is 9.87. The lowest BCUT2D eigenvalue weighted by molar-refractivity contribution is 1.43. The molecule has 2 nitrogen and oxygen atoms in total. The van der Waals surface area contributed by atoms with Gasteiger partial charge in [0.1, 0.15) is 12.1 Å². The van der Waals surface area contributed by atoms with Gasteiger partial charge in [-0.1, -0.05) is 202 Å². The van der Waals surface area contributed by atoms with E-state index in [0.29, 0.717) is 11.1 Å². The van der Waals surface area contributed by atoms with Crippen LogP contribution in [-0.4, -0.2) is 21.3 Å². The fraction of sp³-hybridized carbons (Fsp3) is 0. The summed E-state index contributed by atoms with van der Waals surface area (Å²) in [4.78, 5) is 0. The molecule has 0 fully saturated rings. The van der Waals surface area contributed by atoms with Crippen molar-refractivity contribution in [1.82, 2.24) is 0 Å². The largest absolute Gasteiger partial charge is 0.239 e. The van der Waals surface area contributed by atoms with Gasteiger partial charge in [-0.15, -0.1) is 0 Å². The minimum Gasteiger partial charge on any atom is -0.192 e. The van der Waals surface area contributed by atoms with E-state index in [2.05, 4.69) is 170 Å². The molecular weight excluding hydrogens is 661 g/mol. The molecule has 0 aromatic heterocycles. The fourth-order valence-electron chi connectivity index (χ4n) is 9.14. The molecule has 10 rings (SSSR count). The second-order valence-electron chi connectivity index (χ2n) is 14.6. The Hall–Kier alpha value is -7.07. The van der Waals surface area contributed by atoms with Crippen LogP contribution in [0.5, 0.6) is 0 Å². The van der Waals surface area contributed by atoms with Crippen molar-refractivity contribution < 1.29 is 0 Å². The molecule has 0 N–H and O–H groups in total. The third-order valence-electron chi connectivity index (χ3n) is 11.6. The Balaban J connectivity index is 1.25. The van der Waals surface area contributed by atoms with Gasteiger partial charge in [-0.3, -0.25) is 0 Å². The van der Waals surface area contributed by atoms with Gasteiger partial charge < -0.3 is 0 Å². The molecule has 250 valence electrons. The molecule has 0 atom stereocenters. The normalized spacial score (nSPS) is 11.9. The summed E-state index contributed by atoms with van der Waals surface area (Å²) in [5, 5.41) is 19.5. The zero-order chi connectivity index (χ0) is 36.9. The van der Waals surface area contributed by atoms with Crippen LogP contribution in [0, 0.1) is 22.7 Å². The van der Waals surface area contributed by atoms with Crippen LogP contribution in [0.3, 0.4) is 0 Å². The van der Waals surface area contributed by atoms with Gasteiger partial charge in [-0.25, -0.2) is 0 Å². The average Bonchev–Trinajstić information content (AvgIpc) is 3.65. The van der Waals surface area contributed by atoms with Crippen LogP contribution in [0.15, 0.2) is 176 Å². The number of hydrogen-bond acceptors (Lipinski definition) is 2. The van der Waals surface area contributed by atoms with Gasteiger partial charge in [0.2, 0.25) is 6.71 Å². The Morgan fingerprint density at radius 2 is 0.873 bits per heavy atom. The van der Waals surface area contributed by atoms with Crippen molar-refractivity contribution in [1.29, 1.82) is 10.5 Å². The van der Waals surface area contributed by atoms with Crippen LogP contribution in [0.4, 0.5) is 0 Å². The summed E-state index contributed by atoms with van der Waals surface area (Å²) in [5.41, 5.74) is 22.2. The maximum Gasteiger partial charge on any atom is 0.239 e. The lowest BCUT2D eigenvalue weighted by atomic mass is 9.26. The molecule has 2 heterocycles. The molecule has 0 unspecified atom stereocenters. The van der Waals surface area contributed by atoms with E-state index in [1.165, 1.54) is 82.7 Å². The van der Waals surface area contributed by atoms with Crippen LogP contribution in [-0.2, 0) is 0 Å². The van der Waals surface area contributed by atoms with Crippen LogP contribution in [0.25, 0.3) is 55.6 Å². The van der Waals surface area contributed by atoms with Crippen molar-refractivity contribution in [2.75, 3.05) is 0 Å². The first-order valence-electron chi connectivity index (χ1n) is 18.8. The summed E-state index contributed by atoms with van der Waals surface area (Å²) in [7, 11) is 1.66. The molecule has 0 aliphatic carbocycles. The standard InChI is InChI=1S/C50H31B3N2/c54-30-37-21-20-35(28-38(37)31-55)36-22-25-44-43(29-36)52-49-45(26-23-39(32-12-4-1-5-13-32)47(49)34-16-8-3-9-17-34)53(44)46-27-24-40(33-14-6-2-7-15-33)48-41-18-10-11-19-42(41)51-50(46)48/h1-29,51-52H. The molecule has 0 saturated heterocycles. The quantitative estimate of drug-likeness (QED) is 0.218. The molecule has 0 radical (unpaired) electrons. The molecule has 8 aromatic rings. The lowest BCUT2D eigenvalue weighted by Gasteiger charge is -2.32. The number of nitriles is 2. The smallest absolute Gasteiger partial charge is 0.192 e. The Morgan fingerprint density at radius 3 is 1.53 bits per heavy atom. The van der Waals surface area contributed by atoms with Crippen molar-refractivity contribution in [2.24, 2.45) is 0 Å². The van der Waals surface area contributed by atoms with Crippen LogP contribution >= 0.6 is 0 Å². The van der Waals surface area contributed by atoms with E-state index in [-0.39, 0.29) is 6.71 Å². The predicted molar refractivity (Wildman–Crippen MR) is 233 cm³/mol. The minimum absolute atomic E-state index is 0.00334. The van der Waals surface area contributed by atoms with Gasteiger partial charge in [-0.05, 0) is 67.8 Å². The topological polar surface area (TPSA) is 47.6 Å². The first kappa shape index (κ1) is 32.6. The zero-order valence-corrected chi connectivity index (χ0v) is 30.1. The van der Waals surface area contributed by atoms with Crippen molar-refractivity contribution in [3.05, 3.63) is 187 Å². The monoisotopic (exact) mass is 692 g/mol. The molecule has 55 heavy (non-hydrogen) atoms. The lowest BCUT2D eigenvalue weighted by Crippen LogP contribution is -2.70. The zero-order valence-electron chi connectivity index (χ0n) is 30.1.